The van der Waals surface area contributed by atoms with Crippen molar-refractivity contribution >= 4 is 23.3 Å². The number of ketones is 1. The van der Waals surface area contributed by atoms with Gasteiger partial charge in [0.15, 0.2) is 17.7 Å². The number of aryl methyl sites for hydroxylation is 1. The number of alkyl halides is 3. The van der Waals surface area contributed by atoms with Gasteiger partial charge in [0.1, 0.15) is 11.6 Å². The van der Waals surface area contributed by atoms with Crippen LogP contribution in [0, 0.1) is 5.82 Å². The minimum absolute atomic E-state index is 0.0455. The number of aliphatic hydroxyl groups excluding tert-OH is 1. The number of hydrogen-bond acceptors (Lipinski definition) is 5. The number of ether oxygens (including phenoxy) is 1. The van der Waals surface area contributed by atoms with Crippen LogP contribution in [-0.2, 0) is 13.5 Å². The number of benzene rings is 2. The van der Waals surface area contributed by atoms with E-state index in [4.69, 9.17) is 22.1 Å². The van der Waals surface area contributed by atoms with Crippen LogP contribution in [0.15, 0.2) is 36.5 Å². The first-order chi connectivity index (χ1) is 17.7. The number of primary amides is 1. The van der Waals surface area contributed by atoms with Crippen molar-refractivity contribution in [3.05, 3.63) is 69.9 Å². The number of carbonyl (C=O) groups excluding carboxylic acids is 2. The third-order valence-electron chi connectivity index (χ3n) is 6.04. The second kappa shape index (κ2) is 11.5. The zero-order valence-electron chi connectivity index (χ0n) is 20.8. The maximum atomic E-state index is 15.1. The highest BCUT2D eigenvalue weighted by atomic mass is 35.5. The predicted octanol–water partition coefficient (Wildman–Crippen LogP) is 5.22. The Bertz CT molecular complexity index is 1360. The van der Waals surface area contributed by atoms with E-state index in [1.54, 1.807) is 13.1 Å². The number of Topliss-reactive ketones (excluding diaryl/α,β-unsaturated/α-hetero) is 1. The lowest BCUT2D eigenvalue weighted by Crippen LogP contribution is -2.31. The van der Waals surface area contributed by atoms with Crippen LogP contribution in [0.2, 0.25) is 5.02 Å². The van der Waals surface area contributed by atoms with E-state index < -0.39 is 29.9 Å². The molecule has 0 saturated heterocycles. The van der Waals surface area contributed by atoms with Crippen LogP contribution in [0.4, 0.5) is 17.6 Å². The van der Waals surface area contributed by atoms with Gasteiger partial charge in [-0.25, -0.2) is 9.37 Å². The van der Waals surface area contributed by atoms with Gasteiger partial charge in [-0.05, 0) is 61.1 Å². The van der Waals surface area contributed by atoms with Crippen LogP contribution in [0.25, 0.3) is 11.3 Å². The molecule has 0 radical (unpaired) electrons. The summed E-state index contributed by atoms with van der Waals surface area (Å²) in [7, 11) is 1.62. The van der Waals surface area contributed by atoms with Crippen LogP contribution in [0.5, 0.6) is 5.75 Å². The van der Waals surface area contributed by atoms with Gasteiger partial charge in [-0.2, -0.15) is 13.2 Å². The van der Waals surface area contributed by atoms with Crippen molar-refractivity contribution in [2.75, 3.05) is 6.61 Å². The molecule has 2 atom stereocenters. The summed E-state index contributed by atoms with van der Waals surface area (Å²) < 4.78 is 60.8. The van der Waals surface area contributed by atoms with Crippen molar-refractivity contribution in [3.8, 4) is 17.0 Å². The quantitative estimate of drug-likeness (QED) is 0.263. The number of amides is 1. The fourth-order valence-corrected chi connectivity index (χ4v) is 4.50. The van der Waals surface area contributed by atoms with Crippen molar-refractivity contribution in [2.24, 2.45) is 12.8 Å². The smallest absolute Gasteiger partial charge is 0.425 e. The number of nitrogens with two attached hydrogens (primary N) is 1. The minimum Gasteiger partial charge on any atom is -0.480 e. The van der Waals surface area contributed by atoms with Gasteiger partial charge in [0.05, 0.1) is 10.7 Å². The Labute approximate surface area is 221 Å². The fourth-order valence-electron chi connectivity index (χ4n) is 4.14. The van der Waals surface area contributed by atoms with E-state index in [9.17, 15) is 27.9 Å². The monoisotopic (exact) mass is 555 g/mol. The molecule has 2 unspecified atom stereocenters. The average Bonchev–Trinajstić information content (AvgIpc) is 3.20. The van der Waals surface area contributed by atoms with Gasteiger partial charge < -0.3 is 20.1 Å². The highest BCUT2D eigenvalue weighted by molar-refractivity contribution is 6.33. The number of halogens is 5. The zero-order valence-corrected chi connectivity index (χ0v) is 21.5. The predicted molar refractivity (Wildman–Crippen MR) is 133 cm³/mol. The van der Waals surface area contributed by atoms with Gasteiger partial charge in [-0.3, -0.25) is 9.59 Å². The Hall–Kier alpha value is -3.44. The highest BCUT2D eigenvalue weighted by Crippen LogP contribution is 2.40. The third-order valence-corrected chi connectivity index (χ3v) is 6.43. The van der Waals surface area contributed by atoms with Crippen LogP contribution in [-0.4, -0.2) is 45.2 Å². The Morgan fingerprint density at radius 1 is 1.24 bits per heavy atom. The molecule has 1 aromatic heterocycles. The molecule has 0 fully saturated rings. The number of aromatic nitrogens is 2. The Morgan fingerprint density at radius 3 is 2.45 bits per heavy atom. The molecule has 0 spiro atoms. The minimum atomic E-state index is -4.66. The summed E-state index contributed by atoms with van der Waals surface area (Å²) in [6, 6.07) is 6.67. The van der Waals surface area contributed by atoms with Crippen molar-refractivity contribution < 1.29 is 37.0 Å². The van der Waals surface area contributed by atoms with E-state index in [0.29, 0.717) is 5.56 Å². The Balaban J connectivity index is 2.00. The van der Waals surface area contributed by atoms with Crippen molar-refractivity contribution in [2.45, 2.75) is 44.9 Å². The average molecular weight is 556 g/mol. The molecule has 0 bridgehead atoms. The lowest BCUT2D eigenvalue weighted by molar-refractivity contribution is -0.189. The normalized spacial score (nSPS) is 13.3. The van der Waals surface area contributed by atoms with Gasteiger partial charge in [-0.1, -0.05) is 17.7 Å². The summed E-state index contributed by atoms with van der Waals surface area (Å²) in [5, 5.41) is 9.44. The number of imidazole rings is 1. The zero-order chi connectivity index (χ0) is 28.4. The SMILES string of the molecule is CC(=O)c1nc(-c2ccc(CC(CCO)c3c(C(N)=O)ccc(OC(C)C(F)(F)F)c3Cl)cc2F)cn1C. The second-order valence-corrected chi connectivity index (χ2v) is 9.23. The Morgan fingerprint density at radius 2 is 1.92 bits per heavy atom. The van der Waals surface area contributed by atoms with Crippen LogP contribution >= 0.6 is 11.6 Å². The lowest BCUT2D eigenvalue weighted by Gasteiger charge is -2.24. The van der Waals surface area contributed by atoms with E-state index in [-0.39, 0.29) is 64.2 Å². The molecule has 0 aliphatic carbocycles. The second-order valence-electron chi connectivity index (χ2n) is 8.85. The molecular weight excluding hydrogens is 530 g/mol. The molecule has 0 aliphatic rings. The molecule has 7 nitrogen and oxygen atoms in total. The van der Waals surface area contributed by atoms with Crippen LogP contribution in [0.3, 0.4) is 0 Å². The molecule has 1 heterocycles. The summed E-state index contributed by atoms with van der Waals surface area (Å²) >= 11 is 6.43. The number of aliphatic hydroxyl groups is 1. The largest absolute Gasteiger partial charge is 0.480 e. The fraction of sp³-hybridized carbons (Fsp3) is 0.346. The van der Waals surface area contributed by atoms with E-state index in [1.165, 1.54) is 35.9 Å². The molecule has 204 valence electrons. The van der Waals surface area contributed by atoms with Gasteiger partial charge >= 0.3 is 6.18 Å². The summed E-state index contributed by atoms with van der Waals surface area (Å²) in [6.45, 7) is 1.81. The molecule has 0 saturated carbocycles. The highest BCUT2D eigenvalue weighted by Gasteiger charge is 2.39. The number of carbonyl (C=O) groups is 2. The number of rotatable bonds is 10. The first-order valence-corrected chi connectivity index (χ1v) is 11.9. The first kappa shape index (κ1) is 29.1. The van der Waals surface area contributed by atoms with Gasteiger partial charge in [0.2, 0.25) is 5.91 Å². The number of nitrogens with zero attached hydrogens (tertiary/aromatic N) is 2. The first-order valence-electron chi connectivity index (χ1n) is 11.5. The lowest BCUT2D eigenvalue weighted by atomic mass is 9.85. The van der Waals surface area contributed by atoms with Gasteiger partial charge in [0.25, 0.3) is 0 Å². The van der Waals surface area contributed by atoms with Crippen LogP contribution < -0.4 is 10.5 Å². The van der Waals surface area contributed by atoms with Crippen LogP contribution in [0.1, 0.15) is 58.3 Å². The van der Waals surface area contributed by atoms with Gasteiger partial charge in [-0.15, -0.1) is 0 Å². The Kier molecular flexibility index (Phi) is 8.83. The molecule has 38 heavy (non-hydrogen) atoms. The number of hydrogen-bond donors (Lipinski definition) is 2. The molecule has 3 aromatic rings. The van der Waals surface area contributed by atoms with Crippen molar-refractivity contribution in [1.82, 2.24) is 9.55 Å². The maximum absolute atomic E-state index is 15.1. The molecule has 1 amide bonds. The molecule has 3 rings (SSSR count). The molecule has 2 aromatic carbocycles. The van der Waals surface area contributed by atoms with E-state index in [0.717, 1.165) is 13.0 Å². The summed E-state index contributed by atoms with van der Waals surface area (Å²) in [4.78, 5) is 28.0. The topological polar surface area (TPSA) is 107 Å². The standard InChI is InChI=1S/C26H26ClF4N3O4/c1-13(36)25-33-20(12-34(25)3)17-5-4-15(11-19(17)28)10-16(8-9-35)22-18(24(32)37)6-7-21(23(22)27)38-14(2)26(29,30)31/h4-7,11-12,14,16,35H,8-10H2,1-3H3,(H2,32,37). The van der Waals surface area contributed by atoms with E-state index in [2.05, 4.69) is 4.98 Å². The van der Waals surface area contributed by atoms with E-state index >= 15 is 4.39 Å². The van der Waals surface area contributed by atoms with Gasteiger partial charge in [0, 0.05) is 37.9 Å². The van der Waals surface area contributed by atoms with Crippen molar-refractivity contribution in [1.29, 1.82) is 0 Å². The summed E-state index contributed by atoms with van der Waals surface area (Å²) in [6.07, 6.45) is -5.20. The molecule has 0 aliphatic heterocycles. The summed E-state index contributed by atoms with van der Waals surface area (Å²) in [5.74, 6) is -2.64. The summed E-state index contributed by atoms with van der Waals surface area (Å²) in [5.41, 5.74) is 6.41. The molecule has 3 N–H and O–H groups in total. The third kappa shape index (κ3) is 6.33. The maximum Gasteiger partial charge on any atom is 0.425 e. The van der Waals surface area contributed by atoms with Crippen molar-refractivity contribution in [3.63, 3.8) is 0 Å². The van der Waals surface area contributed by atoms with E-state index in [1.807, 2.05) is 0 Å². The molecular formula is C26H26ClF4N3O4. The molecule has 12 heteroatoms.